The number of aryl methyl sites for hydroxylation is 1. The van der Waals surface area contributed by atoms with Crippen molar-refractivity contribution < 1.29 is 38.4 Å². The molecule has 40 heavy (non-hydrogen) atoms. The van der Waals surface area contributed by atoms with Gasteiger partial charge in [-0.05, 0) is 79.8 Å². The van der Waals surface area contributed by atoms with E-state index in [0.29, 0.717) is 29.4 Å². The Morgan fingerprint density at radius 1 is 0.925 bits per heavy atom. The largest absolute Gasteiger partial charge is 0.507 e. The molecular weight excluding hydrogens is 512 g/mol. The van der Waals surface area contributed by atoms with Crippen molar-refractivity contribution in [2.75, 3.05) is 27.4 Å². The van der Waals surface area contributed by atoms with E-state index in [1.54, 1.807) is 57.6 Å². The average Bonchev–Trinajstić information content (AvgIpc) is 2.96. The predicted molar refractivity (Wildman–Crippen MR) is 153 cm³/mol. The zero-order chi connectivity index (χ0) is 28.9. The first-order valence-corrected chi connectivity index (χ1v) is 13.1. The Kier molecular flexibility index (Phi) is 11.6. The van der Waals surface area contributed by atoms with Gasteiger partial charge in [0.25, 0.3) is 0 Å². The van der Waals surface area contributed by atoms with Gasteiger partial charge < -0.3 is 28.8 Å². The number of carbonyl (C=O) groups is 2. The fourth-order valence-corrected chi connectivity index (χ4v) is 3.93. The molecule has 8 nitrogen and oxygen atoms in total. The van der Waals surface area contributed by atoms with Gasteiger partial charge in [-0.2, -0.15) is 0 Å². The Hall–Kier alpha value is -4.30. The summed E-state index contributed by atoms with van der Waals surface area (Å²) in [6.45, 7) is 4.45. The van der Waals surface area contributed by atoms with Gasteiger partial charge in [0.05, 0.1) is 33.0 Å². The van der Waals surface area contributed by atoms with E-state index in [9.17, 15) is 14.7 Å². The number of hydrogen-bond donors (Lipinski definition) is 1. The third-order valence-electron chi connectivity index (χ3n) is 6.09. The van der Waals surface area contributed by atoms with Crippen LogP contribution in [0.4, 0.5) is 0 Å². The molecule has 8 heteroatoms. The second-order valence-corrected chi connectivity index (χ2v) is 8.97. The molecule has 0 aromatic heterocycles. The van der Waals surface area contributed by atoms with Crippen LogP contribution in [-0.2, 0) is 19.1 Å². The van der Waals surface area contributed by atoms with Crippen molar-refractivity contribution in [3.63, 3.8) is 0 Å². The molecule has 2 aromatic rings. The molecule has 1 unspecified atom stereocenters. The van der Waals surface area contributed by atoms with Gasteiger partial charge in [-0.3, -0.25) is 4.79 Å². The van der Waals surface area contributed by atoms with Crippen molar-refractivity contribution in [1.82, 2.24) is 0 Å². The van der Waals surface area contributed by atoms with Gasteiger partial charge in [0.1, 0.15) is 11.5 Å². The molecule has 1 heterocycles. The first kappa shape index (κ1) is 30.2. The maximum atomic E-state index is 13.1. The van der Waals surface area contributed by atoms with E-state index < -0.39 is 11.8 Å². The molecule has 0 radical (unpaired) electrons. The predicted octanol–water partition coefficient (Wildman–Crippen LogP) is 6.14. The molecule has 0 spiro atoms. The summed E-state index contributed by atoms with van der Waals surface area (Å²) in [5.74, 6) is 0.297. The fraction of sp³-hybridized carbons (Fsp3) is 0.312. The normalized spacial score (nSPS) is 16.2. The number of allylic oxidation sites excluding steroid dienone is 4. The second kappa shape index (κ2) is 15.3. The van der Waals surface area contributed by atoms with Crippen LogP contribution in [-0.4, -0.2) is 50.6 Å². The lowest BCUT2D eigenvalue weighted by atomic mass is 10.1. The monoisotopic (exact) mass is 548 g/mol. The molecule has 1 aliphatic heterocycles. The summed E-state index contributed by atoms with van der Waals surface area (Å²) in [5, 5.41) is 10.8. The highest BCUT2D eigenvalue weighted by molar-refractivity contribution is 6.09. The Morgan fingerprint density at radius 2 is 1.62 bits per heavy atom. The van der Waals surface area contributed by atoms with Crippen molar-refractivity contribution in [2.24, 2.45) is 0 Å². The number of rotatable bonds is 12. The van der Waals surface area contributed by atoms with Gasteiger partial charge in [-0.25, -0.2) is 4.79 Å². The summed E-state index contributed by atoms with van der Waals surface area (Å²) in [4.78, 5) is 25.0. The van der Waals surface area contributed by atoms with E-state index in [-0.39, 0.29) is 24.2 Å². The maximum Gasteiger partial charge on any atom is 0.330 e. The number of aliphatic hydroxyl groups excluding tert-OH is 1. The molecule has 0 amide bonds. The first-order chi connectivity index (χ1) is 19.3. The standard InChI is InChI=1S/C32H36O8/c1-5-38-31(35)18-14-25(26(33)15-11-23-10-9-22(2)29(20-23)36-3)27(34)16-12-24-13-17-28(30(21-24)37-4)40-32-8-6-7-19-39-32/h9-18,20-21,32,34H,5-8,19H2,1-4H3/b15-11+,16-12+,18-14+,27-25-. The molecule has 1 N–H and O–H groups in total. The zero-order valence-electron chi connectivity index (χ0n) is 23.3. The molecule has 0 aliphatic carbocycles. The number of methoxy groups -OCH3 is 2. The summed E-state index contributed by atoms with van der Waals surface area (Å²) in [7, 11) is 3.12. The molecule has 1 aliphatic rings. The summed E-state index contributed by atoms with van der Waals surface area (Å²) in [5.41, 5.74) is 2.32. The maximum absolute atomic E-state index is 13.1. The van der Waals surface area contributed by atoms with Crippen molar-refractivity contribution in [3.8, 4) is 17.2 Å². The highest BCUT2D eigenvalue weighted by Gasteiger charge is 2.17. The number of ketones is 1. The van der Waals surface area contributed by atoms with Crippen molar-refractivity contribution in [2.45, 2.75) is 39.4 Å². The van der Waals surface area contributed by atoms with E-state index in [1.807, 2.05) is 19.1 Å². The lowest BCUT2D eigenvalue weighted by Gasteiger charge is -2.24. The third-order valence-corrected chi connectivity index (χ3v) is 6.09. The first-order valence-electron chi connectivity index (χ1n) is 13.1. The SMILES string of the molecule is CCOC(=O)/C=C/C(C(=O)/C=C/c1ccc(C)c(OC)c1)=C(O)\C=C\c1ccc(OC2CCCCO2)c(OC)c1. The van der Waals surface area contributed by atoms with Crippen LogP contribution in [0.15, 0.2) is 72.0 Å². The van der Waals surface area contributed by atoms with E-state index >= 15 is 0 Å². The Morgan fingerprint density at radius 3 is 2.30 bits per heavy atom. The number of ether oxygens (including phenoxy) is 5. The zero-order valence-corrected chi connectivity index (χ0v) is 23.3. The third kappa shape index (κ3) is 8.88. The van der Waals surface area contributed by atoms with Crippen LogP contribution in [0.1, 0.15) is 42.9 Å². The second-order valence-electron chi connectivity index (χ2n) is 8.97. The Balaban J connectivity index is 1.85. The lowest BCUT2D eigenvalue weighted by molar-refractivity contribution is -0.137. The molecule has 1 saturated heterocycles. The number of aliphatic hydroxyl groups is 1. The molecule has 0 saturated carbocycles. The molecule has 2 aromatic carbocycles. The van der Waals surface area contributed by atoms with Gasteiger partial charge in [0.2, 0.25) is 0 Å². The number of esters is 1. The summed E-state index contributed by atoms with van der Waals surface area (Å²) in [6, 6.07) is 10.8. The summed E-state index contributed by atoms with van der Waals surface area (Å²) in [6.07, 6.45) is 10.8. The molecule has 1 atom stereocenters. The van der Waals surface area contributed by atoms with E-state index in [2.05, 4.69) is 0 Å². The van der Waals surface area contributed by atoms with Gasteiger partial charge in [0, 0.05) is 12.5 Å². The van der Waals surface area contributed by atoms with Crippen LogP contribution in [0.3, 0.4) is 0 Å². The van der Waals surface area contributed by atoms with Crippen LogP contribution in [0.5, 0.6) is 17.2 Å². The molecule has 212 valence electrons. The molecule has 1 fully saturated rings. The Labute approximate surface area is 235 Å². The number of benzene rings is 2. The van der Waals surface area contributed by atoms with Crippen LogP contribution >= 0.6 is 0 Å². The minimum Gasteiger partial charge on any atom is -0.507 e. The van der Waals surface area contributed by atoms with Crippen molar-refractivity contribution in [3.05, 3.63) is 88.7 Å². The van der Waals surface area contributed by atoms with Gasteiger partial charge in [-0.1, -0.05) is 30.4 Å². The number of carbonyl (C=O) groups excluding carboxylic acids is 2. The van der Waals surface area contributed by atoms with Crippen LogP contribution in [0.25, 0.3) is 12.2 Å². The average molecular weight is 549 g/mol. The topological polar surface area (TPSA) is 101 Å². The molecular formula is C32H36O8. The highest BCUT2D eigenvalue weighted by Crippen LogP contribution is 2.31. The van der Waals surface area contributed by atoms with Gasteiger partial charge >= 0.3 is 5.97 Å². The molecule has 0 bridgehead atoms. The van der Waals surface area contributed by atoms with Crippen molar-refractivity contribution >= 4 is 23.9 Å². The number of hydrogen-bond acceptors (Lipinski definition) is 8. The minimum atomic E-state index is -0.626. The minimum absolute atomic E-state index is 0.0824. The molecule has 3 rings (SSSR count). The van der Waals surface area contributed by atoms with Gasteiger partial charge in [-0.15, -0.1) is 0 Å². The summed E-state index contributed by atoms with van der Waals surface area (Å²) >= 11 is 0. The van der Waals surface area contributed by atoms with Gasteiger partial charge in [0.15, 0.2) is 23.6 Å². The van der Waals surface area contributed by atoms with Crippen molar-refractivity contribution in [1.29, 1.82) is 0 Å². The van der Waals surface area contributed by atoms with E-state index in [1.165, 1.54) is 18.2 Å². The Bertz CT molecular complexity index is 1300. The smallest absolute Gasteiger partial charge is 0.330 e. The fourth-order valence-electron chi connectivity index (χ4n) is 3.93. The summed E-state index contributed by atoms with van der Waals surface area (Å²) < 4.78 is 27.3. The highest BCUT2D eigenvalue weighted by atomic mass is 16.7. The van der Waals surface area contributed by atoms with Crippen LogP contribution < -0.4 is 14.2 Å². The van der Waals surface area contributed by atoms with Crippen LogP contribution in [0, 0.1) is 6.92 Å². The quantitative estimate of drug-likeness (QED) is 0.146. The van der Waals surface area contributed by atoms with E-state index in [0.717, 1.165) is 36.5 Å². The van der Waals surface area contributed by atoms with E-state index in [4.69, 9.17) is 23.7 Å². The van der Waals surface area contributed by atoms with Crippen LogP contribution in [0.2, 0.25) is 0 Å². The lowest BCUT2D eigenvalue weighted by Crippen LogP contribution is -2.25.